The van der Waals surface area contributed by atoms with Crippen LogP contribution in [0, 0.1) is 23.2 Å². The lowest BCUT2D eigenvalue weighted by Crippen LogP contribution is -2.50. The molecule has 0 bridgehead atoms. The molecule has 138 valence electrons. The molecule has 6 heteroatoms. The molecule has 2 saturated carbocycles. The second-order valence-electron chi connectivity index (χ2n) is 7.32. The van der Waals surface area contributed by atoms with Crippen LogP contribution in [0.25, 0.3) is 0 Å². The van der Waals surface area contributed by atoms with Gasteiger partial charge in [0.05, 0.1) is 18.4 Å². The second-order valence-corrected chi connectivity index (χ2v) is 7.76. The molecule has 3 unspecified atom stereocenters. The molecule has 26 heavy (non-hydrogen) atoms. The van der Waals surface area contributed by atoms with Gasteiger partial charge in [0.1, 0.15) is 6.04 Å². The molecule has 0 aromatic heterocycles. The molecule has 5 nitrogen and oxygen atoms in total. The summed E-state index contributed by atoms with van der Waals surface area (Å²) in [6.45, 7) is 0. The van der Waals surface area contributed by atoms with Crippen molar-refractivity contribution in [3.63, 3.8) is 0 Å². The summed E-state index contributed by atoms with van der Waals surface area (Å²) in [5.41, 5.74) is 0.891. The minimum atomic E-state index is -0.394. The van der Waals surface area contributed by atoms with E-state index in [1.807, 2.05) is 12.1 Å². The molecule has 0 heterocycles. The van der Waals surface area contributed by atoms with Gasteiger partial charge < -0.3 is 10.6 Å². The topological polar surface area (TPSA) is 82.0 Å². The van der Waals surface area contributed by atoms with Crippen LogP contribution >= 0.6 is 11.6 Å². The van der Waals surface area contributed by atoms with Crippen molar-refractivity contribution in [2.24, 2.45) is 11.8 Å². The van der Waals surface area contributed by atoms with Crippen LogP contribution in [-0.2, 0) is 16.0 Å². The van der Waals surface area contributed by atoms with E-state index in [2.05, 4.69) is 16.7 Å². The zero-order chi connectivity index (χ0) is 18.5. The molecule has 1 aromatic carbocycles. The average Bonchev–Trinajstić information content (AvgIpc) is 3.47. The first-order chi connectivity index (χ1) is 12.6. The number of nitriles is 1. The third-order valence-electron chi connectivity index (χ3n) is 5.26. The Balaban J connectivity index is 1.57. The lowest BCUT2D eigenvalue weighted by molar-refractivity contribution is -0.128. The minimum Gasteiger partial charge on any atom is -0.352 e. The molecule has 1 aromatic rings. The molecule has 0 aliphatic heterocycles. The van der Waals surface area contributed by atoms with Crippen molar-refractivity contribution in [2.45, 2.75) is 57.0 Å². The quantitative estimate of drug-likeness (QED) is 0.804. The van der Waals surface area contributed by atoms with Gasteiger partial charge in [-0.3, -0.25) is 9.59 Å². The number of carbonyl (C=O) groups is 2. The summed E-state index contributed by atoms with van der Waals surface area (Å²) in [7, 11) is 0. The Morgan fingerprint density at radius 1 is 1.15 bits per heavy atom. The van der Waals surface area contributed by atoms with Crippen LogP contribution in [0.3, 0.4) is 0 Å². The third-order valence-corrected chi connectivity index (χ3v) is 5.51. The number of benzene rings is 1. The van der Waals surface area contributed by atoms with Gasteiger partial charge in [-0.15, -0.1) is 0 Å². The van der Waals surface area contributed by atoms with Crippen molar-refractivity contribution in [2.75, 3.05) is 0 Å². The molecule has 2 aliphatic rings. The third kappa shape index (κ3) is 4.98. The molecule has 0 saturated heterocycles. The van der Waals surface area contributed by atoms with Crippen molar-refractivity contribution >= 4 is 23.4 Å². The molecule has 3 atom stereocenters. The molecule has 0 spiro atoms. The summed E-state index contributed by atoms with van der Waals surface area (Å²) < 4.78 is 0. The number of halogens is 1. The van der Waals surface area contributed by atoms with Crippen molar-refractivity contribution in [1.82, 2.24) is 10.6 Å². The highest BCUT2D eigenvalue weighted by Gasteiger charge is 2.37. The zero-order valence-electron chi connectivity index (χ0n) is 14.7. The molecule has 2 N–H and O–H groups in total. The fraction of sp³-hybridized carbons (Fsp3) is 0.550. The summed E-state index contributed by atoms with van der Waals surface area (Å²) in [6, 6.07) is 8.83. The van der Waals surface area contributed by atoms with Crippen LogP contribution < -0.4 is 10.6 Å². The van der Waals surface area contributed by atoms with Crippen molar-refractivity contribution in [3.8, 4) is 6.07 Å². The van der Waals surface area contributed by atoms with Gasteiger partial charge in [0.25, 0.3) is 0 Å². The lowest BCUT2D eigenvalue weighted by Gasteiger charge is -2.32. The van der Waals surface area contributed by atoms with E-state index in [1.54, 1.807) is 12.1 Å². The summed E-state index contributed by atoms with van der Waals surface area (Å²) in [5, 5.41) is 15.8. The Labute approximate surface area is 159 Å². The van der Waals surface area contributed by atoms with Crippen LogP contribution in [0.1, 0.15) is 44.1 Å². The van der Waals surface area contributed by atoms with Gasteiger partial charge >= 0.3 is 0 Å². The Kier molecular flexibility index (Phi) is 6.16. The Hall–Kier alpha value is -2.06. The maximum absolute atomic E-state index is 12.7. The maximum Gasteiger partial charge on any atom is 0.226 e. The standard InChI is InChI=1S/C20H24ClN3O2/c21-15-9-5-13(6-10-15)11-19(25)23-17-4-2-1-3-16(17)20(26)24-18(12-22)14-7-8-14/h5-6,9-10,14,16-18H,1-4,7-8,11H2,(H,23,25)(H,24,26). The highest BCUT2D eigenvalue weighted by Crippen LogP contribution is 2.33. The Morgan fingerprint density at radius 2 is 1.85 bits per heavy atom. The van der Waals surface area contributed by atoms with Crippen molar-refractivity contribution in [1.29, 1.82) is 5.26 Å². The number of amides is 2. The van der Waals surface area contributed by atoms with Gasteiger partial charge in [-0.25, -0.2) is 0 Å². The molecule has 2 amide bonds. The summed E-state index contributed by atoms with van der Waals surface area (Å²) in [6.07, 6.45) is 5.80. The van der Waals surface area contributed by atoms with Crippen LogP contribution in [0.4, 0.5) is 0 Å². The Morgan fingerprint density at radius 3 is 2.50 bits per heavy atom. The first kappa shape index (κ1) is 18.7. The molecular weight excluding hydrogens is 350 g/mol. The zero-order valence-corrected chi connectivity index (χ0v) is 15.5. The van der Waals surface area contributed by atoms with Gasteiger partial charge in [-0.1, -0.05) is 36.6 Å². The van der Waals surface area contributed by atoms with Gasteiger partial charge in [-0.05, 0) is 49.3 Å². The monoisotopic (exact) mass is 373 g/mol. The SMILES string of the molecule is N#CC(NC(=O)C1CCCCC1NC(=O)Cc1ccc(Cl)cc1)C1CC1. The van der Waals surface area contributed by atoms with Crippen LogP contribution in [0.5, 0.6) is 0 Å². The normalized spacial score (nSPS) is 23.5. The second kappa shape index (κ2) is 8.55. The van der Waals surface area contributed by atoms with Crippen molar-refractivity contribution < 1.29 is 9.59 Å². The maximum atomic E-state index is 12.7. The number of nitrogens with zero attached hydrogens (tertiary/aromatic N) is 1. The average molecular weight is 374 g/mol. The number of carbonyl (C=O) groups excluding carboxylic acids is 2. The van der Waals surface area contributed by atoms with Gasteiger partial charge in [-0.2, -0.15) is 5.26 Å². The summed E-state index contributed by atoms with van der Waals surface area (Å²) in [4.78, 5) is 25.1. The van der Waals surface area contributed by atoms with E-state index in [4.69, 9.17) is 11.6 Å². The fourth-order valence-electron chi connectivity index (χ4n) is 3.61. The minimum absolute atomic E-state index is 0.0870. The number of hydrogen-bond acceptors (Lipinski definition) is 3. The van der Waals surface area contributed by atoms with E-state index in [-0.39, 0.29) is 30.2 Å². The van der Waals surface area contributed by atoms with Gasteiger partial charge in [0, 0.05) is 11.1 Å². The van der Waals surface area contributed by atoms with E-state index in [0.717, 1.165) is 44.1 Å². The van der Waals surface area contributed by atoms with E-state index in [1.165, 1.54) is 0 Å². The number of hydrogen-bond donors (Lipinski definition) is 2. The highest BCUT2D eigenvalue weighted by atomic mass is 35.5. The number of rotatable bonds is 6. The van der Waals surface area contributed by atoms with Crippen LogP contribution in [0.2, 0.25) is 5.02 Å². The van der Waals surface area contributed by atoms with Crippen LogP contribution in [-0.4, -0.2) is 23.9 Å². The first-order valence-corrected chi connectivity index (χ1v) is 9.68. The molecule has 3 rings (SSSR count). The van der Waals surface area contributed by atoms with E-state index < -0.39 is 6.04 Å². The van der Waals surface area contributed by atoms with E-state index >= 15 is 0 Å². The summed E-state index contributed by atoms with van der Waals surface area (Å²) in [5.74, 6) is -0.144. The predicted molar refractivity (Wildman–Crippen MR) is 99.3 cm³/mol. The number of nitrogens with one attached hydrogen (secondary N) is 2. The molecule has 0 radical (unpaired) electrons. The summed E-state index contributed by atoms with van der Waals surface area (Å²) >= 11 is 5.87. The molecule has 2 fully saturated rings. The fourth-order valence-corrected chi connectivity index (χ4v) is 3.73. The predicted octanol–water partition coefficient (Wildman–Crippen LogP) is 2.98. The smallest absolute Gasteiger partial charge is 0.226 e. The first-order valence-electron chi connectivity index (χ1n) is 9.30. The van der Waals surface area contributed by atoms with Gasteiger partial charge in [0.15, 0.2) is 0 Å². The van der Waals surface area contributed by atoms with Crippen LogP contribution in [0.15, 0.2) is 24.3 Å². The van der Waals surface area contributed by atoms with E-state index in [0.29, 0.717) is 10.9 Å². The highest BCUT2D eigenvalue weighted by molar-refractivity contribution is 6.30. The largest absolute Gasteiger partial charge is 0.352 e. The molecular formula is C20H24ClN3O2. The molecule has 2 aliphatic carbocycles. The van der Waals surface area contributed by atoms with Crippen molar-refractivity contribution in [3.05, 3.63) is 34.9 Å². The lowest BCUT2D eigenvalue weighted by atomic mass is 9.83. The van der Waals surface area contributed by atoms with E-state index in [9.17, 15) is 14.9 Å². The Bertz CT molecular complexity index is 694. The van der Waals surface area contributed by atoms with Gasteiger partial charge in [0.2, 0.25) is 11.8 Å².